The van der Waals surface area contributed by atoms with E-state index in [1.807, 2.05) is 13.8 Å². The lowest BCUT2D eigenvalue weighted by atomic mass is 10.1. The number of nitrogens with zero attached hydrogens (tertiary/aromatic N) is 1. The van der Waals surface area contributed by atoms with Gasteiger partial charge in [0.25, 0.3) is 0 Å². The molecule has 4 heteroatoms. The summed E-state index contributed by atoms with van der Waals surface area (Å²) in [6.45, 7) is 6.74. The van der Waals surface area contributed by atoms with Crippen molar-refractivity contribution < 1.29 is 14.3 Å². The van der Waals surface area contributed by atoms with Gasteiger partial charge in [-0.3, -0.25) is 9.59 Å². The highest BCUT2D eigenvalue weighted by molar-refractivity contribution is 5.77. The van der Waals surface area contributed by atoms with Gasteiger partial charge in [0.05, 0.1) is 13.0 Å². The molecule has 0 aliphatic rings. The molecule has 0 spiro atoms. The third-order valence-electron chi connectivity index (χ3n) is 2.30. The summed E-state index contributed by atoms with van der Waals surface area (Å²) in [5.74, 6) is -0.413. The van der Waals surface area contributed by atoms with Gasteiger partial charge in [-0.15, -0.1) is 0 Å². The fraction of sp³-hybridized carbons (Fsp3) is 0.818. The van der Waals surface area contributed by atoms with Gasteiger partial charge in [-0.25, -0.2) is 0 Å². The summed E-state index contributed by atoms with van der Waals surface area (Å²) in [4.78, 5) is 24.5. The normalized spacial score (nSPS) is 12.0. The van der Waals surface area contributed by atoms with Crippen molar-refractivity contribution in [3.8, 4) is 0 Å². The Bertz CT molecular complexity index is 216. The van der Waals surface area contributed by atoms with Gasteiger partial charge in [0.2, 0.25) is 5.91 Å². The van der Waals surface area contributed by atoms with E-state index >= 15 is 0 Å². The van der Waals surface area contributed by atoms with E-state index in [1.54, 1.807) is 11.8 Å². The van der Waals surface area contributed by atoms with E-state index < -0.39 is 0 Å². The van der Waals surface area contributed by atoms with Crippen molar-refractivity contribution in [3.05, 3.63) is 0 Å². The first-order valence-corrected chi connectivity index (χ1v) is 5.42. The minimum absolute atomic E-state index is 0.107. The van der Waals surface area contributed by atoms with E-state index in [1.165, 1.54) is 7.11 Å². The molecule has 0 saturated carbocycles. The molecule has 0 heterocycles. The molecular weight excluding hydrogens is 194 g/mol. The summed E-state index contributed by atoms with van der Waals surface area (Å²) in [5.41, 5.74) is 0. The van der Waals surface area contributed by atoms with Gasteiger partial charge in [-0.2, -0.15) is 0 Å². The Morgan fingerprint density at radius 3 is 2.33 bits per heavy atom. The maximum Gasteiger partial charge on any atom is 0.310 e. The molecule has 0 aromatic rings. The van der Waals surface area contributed by atoms with Crippen LogP contribution in [-0.2, 0) is 14.3 Å². The molecule has 0 radical (unpaired) electrons. The lowest BCUT2D eigenvalue weighted by Crippen LogP contribution is -2.36. The van der Waals surface area contributed by atoms with Crippen LogP contribution in [0.4, 0.5) is 0 Å². The molecule has 1 amide bonds. The predicted molar refractivity (Wildman–Crippen MR) is 58.3 cm³/mol. The lowest BCUT2D eigenvalue weighted by molar-refractivity contribution is -0.146. The van der Waals surface area contributed by atoms with Gasteiger partial charge in [0.15, 0.2) is 0 Å². The summed E-state index contributed by atoms with van der Waals surface area (Å²) in [5, 5.41) is 0. The molecule has 0 bridgehead atoms. The molecular formula is C11H21NO3. The molecule has 0 fully saturated rings. The molecule has 0 rings (SSSR count). The topological polar surface area (TPSA) is 46.6 Å². The molecule has 1 atom stereocenters. The Hall–Kier alpha value is -1.06. The molecule has 0 N–H and O–H groups in total. The minimum atomic E-state index is -0.266. The van der Waals surface area contributed by atoms with Crippen LogP contribution in [0.1, 0.15) is 33.6 Å². The summed E-state index contributed by atoms with van der Waals surface area (Å²) in [6, 6.07) is 0. The molecule has 0 aromatic carbocycles. The van der Waals surface area contributed by atoms with Crippen LogP contribution in [0.5, 0.6) is 0 Å². The highest BCUT2D eigenvalue weighted by atomic mass is 16.5. The second kappa shape index (κ2) is 7.26. The van der Waals surface area contributed by atoms with Crippen LogP contribution in [0, 0.1) is 5.92 Å². The first kappa shape index (κ1) is 13.9. The zero-order valence-electron chi connectivity index (χ0n) is 10.1. The zero-order chi connectivity index (χ0) is 11.8. The largest absolute Gasteiger partial charge is 0.469 e. The maximum atomic E-state index is 11.6. The van der Waals surface area contributed by atoms with E-state index in [0.717, 1.165) is 6.42 Å². The molecule has 88 valence electrons. The Labute approximate surface area is 91.6 Å². The molecule has 1 unspecified atom stereocenters. The lowest BCUT2D eigenvalue weighted by Gasteiger charge is -2.23. The molecule has 0 aliphatic carbocycles. The Morgan fingerprint density at radius 1 is 1.33 bits per heavy atom. The number of hydrogen-bond acceptors (Lipinski definition) is 3. The summed E-state index contributed by atoms with van der Waals surface area (Å²) in [7, 11) is 1.36. The fourth-order valence-corrected chi connectivity index (χ4v) is 1.39. The number of amides is 1. The summed E-state index contributed by atoms with van der Waals surface area (Å²) < 4.78 is 4.62. The van der Waals surface area contributed by atoms with Gasteiger partial charge >= 0.3 is 5.97 Å². The highest BCUT2D eigenvalue weighted by Crippen LogP contribution is 2.05. The van der Waals surface area contributed by atoms with Crippen LogP contribution in [0.3, 0.4) is 0 Å². The van der Waals surface area contributed by atoms with Crippen molar-refractivity contribution in [2.75, 3.05) is 20.2 Å². The van der Waals surface area contributed by atoms with E-state index in [2.05, 4.69) is 4.74 Å². The number of carbonyl (C=O) groups excluding carboxylic acids is 2. The van der Waals surface area contributed by atoms with Gasteiger partial charge in [-0.05, 0) is 13.3 Å². The molecule has 0 aromatic heterocycles. The number of hydrogen-bond donors (Lipinski definition) is 0. The van der Waals surface area contributed by atoms with Crippen molar-refractivity contribution in [1.29, 1.82) is 0 Å². The van der Waals surface area contributed by atoms with E-state index in [0.29, 0.717) is 19.5 Å². The smallest absolute Gasteiger partial charge is 0.310 e. The average molecular weight is 215 g/mol. The number of methoxy groups -OCH3 is 1. The number of carbonyl (C=O) groups is 2. The Balaban J connectivity index is 4.20. The van der Waals surface area contributed by atoms with E-state index in [9.17, 15) is 9.59 Å². The Kier molecular flexibility index (Phi) is 6.75. The summed E-state index contributed by atoms with van der Waals surface area (Å²) in [6.07, 6.45) is 1.38. The monoisotopic (exact) mass is 215 g/mol. The van der Waals surface area contributed by atoms with Gasteiger partial charge in [0.1, 0.15) is 0 Å². The standard InChI is InChI=1S/C11H21NO3/c1-5-7-10(13)12(6-2)8-9(3)11(14)15-4/h9H,5-8H2,1-4H3. The highest BCUT2D eigenvalue weighted by Gasteiger charge is 2.19. The van der Waals surface area contributed by atoms with Gasteiger partial charge < -0.3 is 9.64 Å². The van der Waals surface area contributed by atoms with Crippen LogP contribution < -0.4 is 0 Å². The third-order valence-corrected chi connectivity index (χ3v) is 2.30. The minimum Gasteiger partial charge on any atom is -0.469 e. The first-order chi connectivity index (χ1) is 7.06. The molecule has 0 aliphatic heterocycles. The van der Waals surface area contributed by atoms with Crippen LogP contribution in [0.15, 0.2) is 0 Å². The van der Waals surface area contributed by atoms with Crippen molar-refractivity contribution >= 4 is 11.9 Å². The third kappa shape index (κ3) is 4.81. The van der Waals surface area contributed by atoms with Crippen LogP contribution in [-0.4, -0.2) is 37.0 Å². The Morgan fingerprint density at radius 2 is 1.93 bits per heavy atom. The van der Waals surface area contributed by atoms with Crippen LogP contribution in [0.25, 0.3) is 0 Å². The molecule has 4 nitrogen and oxygen atoms in total. The number of rotatable bonds is 6. The van der Waals surface area contributed by atoms with E-state index in [-0.39, 0.29) is 17.8 Å². The van der Waals surface area contributed by atoms with Crippen molar-refractivity contribution in [3.63, 3.8) is 0 Å². The van der Waals surface area contributed by atoms with Crippen LogP contribution in [0.2, 0.25) is 0 Å². The van der Waals surface area contributed by atoms with Gasteiger partial charge in [-0.1, -0.05) is 13.8 Å². The quantitative estimate of drug-likeness (QED) is 0.630. The molecule has 15 heavy (non-hydrogen) atoms. The van der Waals surface area contributed by atoms with E-state index in [4.69, 9.17) is 0 Å². The van der Waals surface area contributed by atoms with Crippen molar-refractivity contribution in [2.45, 2.75) is 33.6 Å². The second-order valence-electron chi connectivity index (χ2n) is 3.61. The summed E-state index contributed by atoms with van der Waals surface area (Å²) >= 11 is 0. The van der Waals surface area contributed by atoms with Crippen molar-refractivity contribution in [1.82, 2.24) is 4.90 Å². The second-order valence-corrected chi connectivity index (χ2v) is 3.61. The number of esters is 1. The zero-order valence-corrected chi connectivity index (χ0v) is 10.1. The SMILES string of the molecule is CCCC(=O)N(CC)CC(C)C(=O)OC. The van der Waals surface area contributed by atoms with Crippen LogP contribution >= 0.6 is 0 Å². The molecule has 0 saturated heterocycles. The van der Waals surface area contributed by atoms with Crippen molar-refractivity contribution in [2.24, 2.45) is 5.92 Å². The predicted octanol–water partition coefficient (Wildman–Crippen LogP) is 1.44. The number of ether oxygens (including phenoxy) is 1. The average Bonchev–Trinajstić information content (AvgIpc) is 2.24. The maximum absolute atomic E-state index is 11.6. The fourth-order valence-electron chi connectivity index (χ4n) is 1.39. The first-order valence-electron chi connectivity index (χ1n) is 5.42. The van der Waals surface area contributed by atoms with Gasteiger partial charge in [0, 0.05) is 19.5 Å².